The average molecular weight is 279 g/mol. The number of hydrogen-bond acceptors (Lipinski definition) is 2. The first-order valence-corrected chi connectivity index (χ1v) is 7.47. The van der Waals surface area contributed by atoms with E-state index in [2.05, 4.69) is 19.2 Å². The van der Waals surface area contributed by atoms with Crippen LogP contribution in [0, 0.1) is 17.2 Å². The van der Waals surface area contributed by atoms with Crippen molar-refractivity contribution in [3.8, 4) is 5.75 Å². The summed E-state index contributed by atoms with van der Waals surface area (Å²) in [5.41, 5.74) is 1.48. The van der Waals surface area contributed by atoms with E-state index in [4.69, 9.17) is 4.74 Å². The molecule has 1 aliphatic rings. The monoisotopic (exact) mass is 279 g/mol. The van der Waals surface area contributed by atoms with Crippen LogP contribution in [-0.2, 0) is 0 Å². The van der Waals surface area contributed by atoms with E-state index in [0.29, 0.717) is 17.1 Å². The fourth-order valence-corrected chi connectivity index (χ4v) is 3.31. The Labute approximate surface area is 121 Å². The lowest BCUT2D eigenvalue weighted by molar-refractivity contribution is 0.164. The minimum Gasteiger partial charge on any atom is -0.494 e. The van der Waals surface area contributed by atoms with Crippen molar-refractivity contribution in [2.24, 2.45) is 11.3 Å². The van der Waals surface area contributed by atoms with E-state index in [1.165, 1.54) is 32.8 Å². The van der Waals surface area contributed by atoms with Crippen molar-refractivity contribution < 1.29 is 9.13 Å². The molecule has 1 fully saturated rings. The van der Waals surface area contributed by atoms with Crippen LogP contribution in [-0.4, -0.2) is 14.2 Å². The standard InChI is InChI=1S/C17H26FNO/c1-17(2)9-7-12(8-10-17)16(19-3)13-5-6-15(20-4)14(18)11-13/h5-6,11-12,16,19H,7-10H2,1-4H3. The molecular weight excluding hydrogens is 253 g/mol. The first-order valence-electron chi connectivity index (χ1n) is 7.47. The zero-order valence-corrected chi connectivity index (χ0v) is 13.0. The molecule has 2 rings (SSSR count). The Morgan fingerprint density at radius 1 is 1.30 bits per heavy atom. The largest absolute Gasteiger partial charge is 0.494 e. The third-order valence-electron chi connectivity index (χ3n) is 4.70. The third kappa shape index (κ3) is 3.32. The van der Waals surface area contributed by atoms with Gasteiger partial charge in [0.1, 0.15) is 0 Å². The smallest absolute Gasteiger partial charge is 0.165 e. The normalized spacial score (nSPS) is 20.6. The molecule has 20 heavy (non-hydrogen) atoms. The molecule has 0 aliphatic heterocycles. The lowest BCUT2D eigenvalue weighted by Gasteiger charge is -2.38. The van der Waals surface area contributed by atoms with Gasteiger partial charge in [-0.3, -0.25) is 0 Å². The molecule has 1 aromatic carbocycles. The van der Waals surface area contributed by atoms with Gasteiger partial charge in [0, 0.05) is 6.04 Å². The SMILES string of the molecule is CNC(c1ccc(OC)c(F)c1)C1CCC(C)(C)CC1. The Balaban J connectivity index is 2.14. The van der Waals surface area contributed by atoms with E-state index < -0.39 is 0 Å². The summed E-state index contributed by atoms with van der Waals surface area (Å²) in [6.45, 7) is 4.68. The molecule has 0 radical (unpaired) electrons. The number of hydrogen-bond donors (Lipinski definition) is 1. The van der Waals surface area contributed by atoms with Crippen LogP contribution in [0.15, 0.2) is 18.2 Å². The molecule has 1 atom stereocenters. The van der Waals surface area contributed by atoms with Gasteiger partial charge in [0.25, 0.3) is 0 Å². The van der Waals surface area contributed by atoms with Gasteiger partial charge in [-0.1, -0.05) is 19.9 Å². The molecular formula is C17H26FNO. The van der Waals surface area contributed by atoms with Crippen molar-refractivity contribution in [1.82, 2.24) is 5.32 Å². The van der Waals surface area contributed by atoms with E-state index in [-0.39, 0.29) is 11.9 Å². The molecule has 1 unspecified atom stereocenters. The van der Waals surface area contributed by atoms with Crippen molar-refractivity contribution in [3.63, 3.8) is 0 Å². The van der Waals surface area contributed by atoms with Crippen LogP contribution in [0.25, 0.3) is 0 Å². The highest BCUT2D eigenvalue weighted by atomic mass is 19.1. The van der Waals surface area contributed by atoms with E-state index in [1.54, 1.807) is 12.1 Å². The number of halogens is 1. The number of rotatable bonds is 4. The van der Waals surface area contributed by atoms with E-state index >= 15 is 0 Å². The molecule has 0 bridgehead atoms. The van der Waals surface area contributed by atoms with Crippen molar-refractivity contribution in [2.45, 2.75) is 45.6 Å². The van der Waals surface area contributed by atoms with Crippen molar-refractivity contribution in [1.29, 1.82) is 0 Å². The quantitative estimate of drug-likeness (QED) is 0.886. The number of methoxy groups -OCH3 is 1. The third-order valence-corrected chi connectivity index (χ3v) is 4.70. The summed E-state index contributed by atoms with van der Waals surface area (Å²) in [6, 6.07) is 5.54. The van der Waals surface area contributed by atoms with Crippen LogP contribution in [0.4, 0.5) is 4.39 Å². The molecule has 0 heterocycles. The number of benzene rings is 1. The van der Waals surface area contributed by atoms with Crippen LogP contribution in [0.5, 0.6) is 5.75 Å². The van der Waals surface area contributed by atoms with Crippen molar-refractivity contribution in [2.75, 3.05) is 14.2 Å². The Hall–Kier alpha value is -1.09. The highest BCUT2D eigenvalue weighted by molar-refractivity contribution is 5.31. The average Bonchev–Trinajstić information content (AvgIpc) is 2.41. The fraction of sp³-hybridized carbons (Fsp3) is 0.647. The fourth-order valence-electron chi connectivity index (χ4n) is 3.31. The number of nitrogens with one attached hydrogen (secondary N) is 1. The lowest BCUT2D eigenvalue weighted by Crippen LogP contribution is -2.31. The number of ether oxygens (including phenoxy) is 1. The summed E-state index contributed by atoms with van der Waals surface area (Å²) < 4.78 is 18.9. The summed E-state index contributed by atoms with van der Waals surface area (Å²) in [4.78, 5) is 0. The molecule has 0 saturated heterocycles. The zero-order valence-electron chi connectivity index (χ0n) is 13.0. The first-order chi connectivity index (χ1) is 9.46. The Morgan fingerprint density at radius 2 is 1.95 bits per heavy atom. The van der Waals surface area contributed by atoms with Crippen LogP contribution in [0.3, 0.4) is 0 Å². The topological polar surface area (TPSA) is 21.3 Å². The maximum absolute atomic E-state index is 13.9. The second-order valence-corrected chi connectivity index (χ2v) is 6.66. The molecule has 0 spiro atoms. The van der Waals surface area contributed by atoms with Crippen LogP contribution >= 0.6 is 0 Å². The molecule has 1 aromatic rings. The molecule has 1 N–H and O–H groups in total. The molecule has 112 valence electrons. The van der Waals surface area contributed by atoms with Gasteiger partial charge < -0.3 is 10.1 Å². The van der Waals surface area contributed by atoms with Gasteiger partial charge in [0.2, 0.25) is 0 Å². The van der Waals surface area contributed by atoms with Gasteiger partial charge in [0.05, 0.1) is 7.11 Å². The molecule has 2 nitrogen and oxygen atoms in total. The Kier molecular flexibility index (Phi) is 4.69. The van der Waals surface area contributed by atoms with E-state index in [0.717, 1.165) is 5.56 Å². The first kappa shape index (κ1) is 15.3. The van der Waals surface area contributed by atoms with Gasteiger partial charge in [-0.2, -0.15) is 0 Å². The Bertz CT molecular complexity index is 448. The molecule has 0 aromatic heterocycles. The van der Waals surface area contributed by atoms with Gasteiger partial charge in [-0.05, 0) is 61.8 Å². The Morgan fingerprint density at radius 3 is 2.45 bits per heavy atom. The highest BCUT2D eigenvalue weighted by Gasteiger charge is 2.31. The summed E-state index contributed by atoms with van der Waals surface area (Å²) in [6.07, 6.45) is 4.89. The second kappa shape index (κ2) is 6.13. The van der Waals surface area contributed by atoms with Crippen LogP contribution in [0.1, 0.15) is 51.1 Å². The van der Waals surface area contributed by atoms with Gasteiger partial charge in [0.15, 0.2) is 11.6 Å². The predicted molar refractivity (Wildman–Crippen MR) is 80.5 cm³/mol. The minimum atomic E-state index is -0.276. The molecule has 1 aliphatic carbocycles. The van der Waals surface area contributed by atoms with Crippen LogP contribution < -0.4 is 10.1 Å². The lowest BCUT2D eigenvalue weighted by atomic mass is 9.70. The molecule has 1 saturated carbocycles. The van der Waals surface area contributed by atoms with Gasteiger partial charge >= 0.3 is 0 Å². The minimum absolute atomic E-state index is 0.228. The summed E-state index contributed by atoms with van der Waals surface area (Å²) >= 11 is 0. The van der Waals surface area contributed by atoms with Crippen molar-refractivity contribution in [3.05, 3.63) is 29.6 Å². The van der Waals surface area contributed by atoms with E-state index in [1.807, 2.05) is 13.1 Å². The van der Waals surface area contributed by atoms with Gasteiger partial charge in [-0.25, -0.2) is 4.39 Å². The highest BCUT2D eigenvalue weighted by Crippen LogP contribution is 2.42. The predicted octanol–water partition coefficient (Wildman–Crippen LogP) is 4.31. The molecule has 0 amide bonds. The molecule has 3 heteroatoms. The summed E-state index contributed by atoms with van der Waals surface area (Å²) in [5.74, 6) is 0.621. The maximum Gasteiger partial charge on any atom is 0.165 e. The van der Waals surface area contributed by atoms with E-state index in [9.17, 15) is 4.39 Å². The van der Waals surface area contributed by atoms with Crippen LogP contribution in [0.2, 0.25) is 0 Å². The maximum atomic E-state index is 13.9. The zero-order chi connectivity index (χ0) is 14.8. The van der Waals surface area contributed by atoms with Crippen molar-refractivity contribution >= 4 is 0 Å². The van der Waals surface area contributed by atoms with Gasteiger partial charge in [-0.15, -0.1) is 0 Å². The second-order valence-electron chi connectivity index (χ2n) is 6.66. The summed E-state index contributed by atoms with van der Waals surface area (Å²) in [5, 5.41) is 3.37. The summed E-state index contributed by atoms with van der Waals surface area (Å²) in [7, 11) is 3.46.